The molecule has 0 radical (unpaired) electrons. The van der Waals surface area contributed by atoms with Gasteiger partial charge in [0.15, 0.2) is 0 Å². The molecule has 36 valence electrons. The second kappa shape index (κ2) is 3.20. The van der Waals surface area contributed by atoms with Crippen LogP contribution in [0.25, 0.3) is 0 Å². The molecule has 1 unspecified atom stereocenters. The molecule has 1 fully saturated rings. The van der Waals surface area contributed by atoms with Crippen LogP contribution in [0.4, 0.5) is 0 Å². The Morgan fingerprint density at radius 3 is 2.00 bits per heavy atom. The van der Waals surface area contributed by atoms with E-state index in [0.29, 0.717) is 0 Å². The third-order valence-corrected chi connectivity index (χ3v) is 1.81. The van der Waals surface area contributed by atoms with Gasteiger partial charge in [0, 0.05) is 5.25 Å². The standard InChI is InChI=1S/C3H6O2S.Na/c4-6(5)3-1-2-3;/h3H,1-2H2,(H,4,5);/q;+1/p-1. The van der Waals surface area contributed by atoms with Crippen LogP contribution in [-0.2, 0) is 11.1 Å². The van der Waals surface area contributed by atoms with Gasteiger partial charge in [-0.05, 0) is 12.8 Å². The molecule has 0 aromatic carbocycles. The van der Waals surface area contributed by atoms with Crippen molar-refractivity contribution in [1.29, 1.82) is 0 Å². The van der Waals surface area contributed by atoms with Crippen molar-refractivity contribution < 1.29 is 38.3 Å². The summed E-state index contributed by atoms with van der Waals surface area (Å²) in [6, 6.07) is 0. The summed E-state index contributed by atoms with van der Waals surface area (Å²) in [6.45, 7) is 0. The van der Waals surface area contributed by atoms with E-state index >= 15 is 0 Å². The molecule has 0 amide bonds. The molecule has 1 atom stereocenters. The van der Waals surface area contributed by atoms with Crippen molar-refractivity contribution in [3.05, 3.63) is 0 Å². The Balaban J connectivity index is 0.000000360. The number of hydrogen-bond donors (Lipinski definition) is 0. The van der Waals surface area contributed by atoms with Gasteiger partial charge >= 0.3 is 29.6 Å². The van der Waals surface area contributed by atoms with Gasteiger partial charge in [0.05, 0.1) is 0 Å². The summed E-state index contributed by atoms with van der Waals surface area (Å²) < 4.78 is 19.5. The molecular weight excluding hydrogens is 123 g/mol. The van der Waals surface area contributed by atoms with Crippen molar-refractivity contribution in [1.82, 2.24) is 0 Å². The monoisotopic (exact) mass is 128 g/mol. The van der Waals surface area contributed by atoms with E-state index in [-0.39, 0.29) is 34.8 Å². The zero-order valence-corrected chi connectivity index (χ0v) is 7.03. The van der Waals surface area contributed by atoms with Gasteiger partial charge < -0.3 is 4.55 Å². The summed E-state index contributed by atoms with van der Waals surface area (Å²) in [5, 5.41) is 0.0185. The maximum Gasteiger partial charge on any atom is 1.00 e. The van der Waals surface area contributed by atoms with Crippen molar-refractivity contribution in [3.8, 4) is 0 Å². The minimum absolute atomic E-state index is 0. The summed E-state index contributed by atoms with van der Waals surface area (Å²) >= 11 is -1.76. The minimum atomic E-state index is -1.76. The predicted molar refractivity (Wildman–Crippen MR) is 21.9 cm³/mol. The van der Waals surface area contributed by atoms with E-state index in [0.717, 1.165) is 12.8 Å². The molecule has 0 saturated heterocycles. The fraction of sp³-hybridized carbons (Fsp3) is 1.00. The largest absolute Gasteiger partial charge is 1.00 e. The second-order valence-electron chi connectivity index (χ2n) is 1.46. The maximum atomic E-state index is 9.76. The fourth-order valence-electron chi connectivity index (χ4n) is 0.260. The van der Waals surface area contributed by atoms with Crippen LogP contribution < -0.4 is 29.6 Å². The molecule has 0 N–H and O–H groups in total. The smallest absolute Gasteiger partial charge is 0.772 e. The summed E-state index contributed by atoms with van der Waals surface area (Å²) in [5.74, 6) is 0. The normalized spacial score (nSPS) is 23.0. The average Bonchev–Trinajstić information content (AvgIpc) is 2.06. The third-order valence-electron chi connectivity index (χ3n) is 0.797. The summed E-state index contributed by atoms with van der Waals surface area (Å²) in [7, 11) is 0. The van der Waals surface area contributed by atoms with Gasteiger partial charge in [0.25, 0.3) is 0 Å². The summed E-state index contributed by atoms with van der Waals surface area (Å²) in [6.07, 6.45) is 1.77. The first kappa shape index (κ1) is 8.11. The van der Waals surface area contributed by atoms with E-state index in [4.69, 9.17) is 0 Å². The second-order valence-corrected chi connectivity index (χ2v) is 2.65. The van der Waals surface area contributed by atoms with Crippen molar-refractivity contribution in [3.63, 3.8) is 0 Å². The average molecular weight is 128 g/mol. The SMILES string of the molecule is O=S([O-])C1CC1.[Na+]. The Labute approximate surface area is 67.3 Å². The van der Waals surface area contributed by atoms with E-state index < -0.39 is 11.1 Å². The minimum Gasteiger partial charge on any atom is -0.772 e. The van der Waals surface area contributed by atoms with Crippen molar-refractivity contribution >= 4 is 11.1 Å². The molecule has 0 spiro atoms. The zero-order valence-electron chi connectivity index (χ0n) is 4.22. The van der Waals surface area contributed by atoms with E-state index in [1.807, 2.05) is 0 Å². The molecule has 1 saturated carbocycles. The van der Waals surface area contributed by atoms with Crippen LogP contribution in [0.15, 0.2) is 0 Å². The van der Waals surface area contributed by atoms with Gasteiger partial charge in [-0.1, -0.05) is 11.1 Å². The van der Waals surface area contributed by atoms with Crippen LogP contribution in [0.5, 0.6) is 0 Å². The van der Waals surface area contributed by atoms with Gasteiger partial charge in [-0.2, -0.15) is 0 Å². The van der Waals surface area contributed by atoms with Crippen molar-refractivity contribution in [2.75, 3.05) is 0 Å². The summed E-state index contributed by atoms with van der Waals surface area (Å²) in [5.41, 5.74) is 0. The van der Waals surface area contributed by atoms with Crippen LogP contribution in [-0.4, -0.2) is 14.0 Å². The van der Waals surface area contributed by atoms with Gasteiger partial charge in [-0.3, -0.25) is 4.21 Å². The molecule has 4 heteroatoms. The van der Waals surface area contributed by atoms with Crippen LogP contribution in [0.3, 0.4) is 0 Å². The summed E-state index contributed by atoms with van der Waals surface area (Å²) in [4.78, 5) is 0. The van der Waals surface area contributed by atoms with E-state index in [1.54, 1.807) is 0 Å². The third kappa shape index (κ3) is 2.82. The Hall–Kier alpha value is 1.11. The Morgan fingerprint density at radius 1 is 1.57 bits per heavy atom. The first-order valence-corrected chi connectivity index (χ1v) is 3.02. The Morgan fingerprint density at radius 2 is 2.00 bits per heavy atom. The van der Waals surface area contributed by atoms with Crippen LogP contribution in [0.2, 0.25) is 0 Å². The van der Waals surface area contributed by atoms with Crippen molar-refractivity contribution in [2.45, 2.75) is 18.1 Å². The Kier molecular flexibility index (Phi) is 3.71. The van der Waals surface area contributed by atoms with E-state index in [2.05, 4.69) is 0 Å². The van der Waals surface area contributed by atoms with E-state index in [9.17, 15) is 8.76 Å². The molecule has 0 bridgehead atoms. The first-order valence-electron chi connectivity index (χ1n) is 1.89. The molecular formula is C3H5NaO2S. The van der Waals surface area contributed by atoms with E-state index in [1.165, 1.54) is 0 Å². The van der Waals surface area contributed by atoms with Crippen LogP contribution >= 0.6 is 0 Å². The molecule has 0 heterocycles. The van der Waals surface area contributed by atoms with Crippen LogP contribution in [0.1, 0.15) is 12.8 Å². The molecule has 0 aromatic rings. The zero-order chi connectivity index (χ0) is 4.57. The molecule has 1 aliphatic carbocycles. The molecule has 0 aromatic heterocycles. The molecule has 1 aliphatic rings. The number of rotatable bonds is 1. The predicted octanol–water partition coefficient (Wildman–Crippen LogP) is -2.97. The van der Waals surface area contributed by atoms with Gasteiger partial charge in [-0.25, -0.2) is 0 Å². The van der Waals surface area contributed by atoms with Gasteiger partial charge in [0.1, 0.15) is 0 Å². The molecule has 1 rings (SSSR count). The molecule has 0 aliphatic heterocycles. The molecule has 2 nitrogen and oxygen atoms in total. The first-order chi connectivity index (χ1) is 2.80. The fourth-order valence-corrected chi connectivity index (χ4v) is 0.781. The maximum absolute atomic E-state index is 9.76. The van der Waals surface area contributed by atoms with Gasteiger partial charge in [0.2, 0.25) is 0 Å². The van der Waals surface area contributed by atoms with Crippen LogP contribution in [0, 0.1) is 0 Å². The number of hydrogen-bond acceptors (Lipinski definition) is 2. The van der Waals surface area contributed by atoms with Gasteiger partial charge in [-0.15, -0.1) is 0 Å². The topological polar surface area (TPSA) is 40.1 Å². The quantitative estimate of drug-likeness (QED) is 0.279. The Bertz CT molecular complexity index is 81.0. The van der Waals surface area contributed by atoms with Crippen molar-refractivity contribution in [2.24, 2.45) is 0 Å². The molecule has 7 heavy (non-hydrogen) atoms.